The summed E-state index contributed by atoms with van der Waals surface area (Å²) in [4.78, 5) is 0. The zero-order valence-electron chi connectivity index (χ0n) is 8.82. The topological polar surface area (TPSA) is 55.4 Å². The highest BCUT2D eigenvalue weighted by Crippen LogP contribution is 2.04. The van der Waals surface area contributed by atoms with E-state index in [2.05, 4.69) is 5.32 Å². The highest BCUT2D eigenvalue weighted by Gasteiger charge is 2.18. The molecule has 1 aliphatic rings. The van der Waals surface area contributed by atoms with Crippen LogP contribution in [0.5, 0.6) is 0 Å². The Morgan fingerprint density at radius 1 is 1.50 bits per heavy atom. The molecule has 1 fully saturated rings. The summed E-state index contributed by atoms with van der Waals surface area (Å²) < 4.78 is 28.0. The zero-order valence-corrected chi connectivity index (χ0v) is 9.64. The number of nitrogens with one attached hydrogen (secondary N) is 1. The van der Waals surface area contributed by atoms with Gasteiger partial charge in [-0.2, -0.15) is 0 Å². The fourth-order valence-electron chi connectivity index (χ4n) is 1.34. The van der Waals surface area contributed by atoms with E-state index >= 15 is 0 Å². The molecule has 1 rings (SSSR count). The minimum Gasteiger partial charge on any atom is -0.380 e. The molecule has 0 spiro atoms. The first-order chi connectivity index (χ1) is 6.52. The Morgan fingerprint density at radius 2 is 2.21 bits per heavy atom. The third-order valence-electron chi connectivity index (χ3n) is 2.47. The molecule has 14 heavy (non-hydrogen) atoms. The van der Waals surface area contributed by atoms with E-state index in [0.717, 1.165) is 13.0 Å². The summed E-state index contributed by atoms with van der Waals surface area (Å²) in [7, 11) is -2.89. The Labute approximate surface area is 85.9 Å². The fraction of sp³-hybridized carbons (Fsp3) is 1.00. The maximum atomic E-state index is 11.4. The van der Waals surface area contributed by atoms with Crippen molar-refractivity contribution in [3.05, 3.63) is 0 Å². The monoisotopic (exact) mass is 221 g/mol. The summed E-state index contributed by atoms with van der Waals surface area (Å²) in [6.07, 6.45) is 0.988. The van der Waals surface area contributed by atoms with Gasteiger partial charge in [0.2, 0.25) is 0 Å². The minimum atomic E-state index is -2.89. The maximum Gasteiger partial charge on any atom is 0.153 e. The molecule has 0 aromatic heterocycles. The molecular formula is C9H19NO3S. The van der Waals surface area contributed by atoms with E-state index in [4.69, 9.17) is 4.74 Å². The fourth-order valence-corrected chi connectivity index (χ4v) is 2.21. The van der Waals surface area contributed by atoms with Crippen LogP contribution in [-0.2, 0) is 14.6 Å². The van der Waals surface area contributed by atoms with Crippen LogP contribution in [0, 0.1) is 0 Å². The van der Waals surface area contributed by atoms with E-state index in [-0.39, 0.29) is 11.0 Å². The largest absolute Gasteiger partial charge is 0.380 e. The van der Waals surface area contributed by atoms with E-state index in [0.29, 0.717) is 19.2 Å². The van der Waals surface area contributed by atoms with Crippen molar-refractivity contribution in [2.45, 2.75) is 31.6 Å². The summed E-state index contributed by atoms with van der Waals surface area (Å²) in [5.74, 6) is 0.223. The van der Waals surface area contributed by atoms with Gasteiger partial charge in [0.15, 0.2) is 9.84 Å². The van der Waals surface area contributed by atoms with Crippen molar-refractivity contribution in [1.29, 1.82) is 0 Å². The molecule has 0 saturated carbocycles. The van der Waals surface area contributed by atoms with E-state index in [1.807, 2.05) is 0 Å². The number of sulfone groups is 1. The van der Waals surface area contributed by atoms with Crippen LogP contribution < -0.4 is 5.32 Å². The molecule has 1 atom stereocenters. The normalized spacial score (nSPS) is 23.2. The van der Waals surface area contributed by atoms with Crippen LogP contribution >= 0.6 is 0 Å². The zero-order chi connectivity index (χ0) is 10.6. The third-order valence-corrected chi connectivity index (χ3v) is 4.68. The smallest absolute Gasteiger partial charge is 0.153 e. The lowest BCUT2D eigenvalue weighted by Crippen LogP contribution is -2.34. The highest BCUT2D eigenvalue weighted by atomic mass is 32.2. The molecular weight excluding hydrogens is 202 g/mol. The van der Waals surface area contributed by atoms with Gasteiger partial charge >= 0.3 is 0 Å². The van der Waals surface area contributed by atoms with Gasteiger partial charge in [-0.05, 0) is 20.3 Å². The van der Waals surface area contributed by atoms with E-state index < -0.39 is 9.84 Å². The molecule has 1 aliphatic heterocycles. The Balaban J connectivity index is 2.20. The molecule has 1 unspecified atom stereocenters. The van der Waals surface area contributed by atoms with Gasteiger partial charge in [-0.3, -0.25) is 0 Å². The van der Waals surface area contributed by atoms with Crippen molar-refractivity contribution in [2.24, 2.45) is 0 Å². The van der Waals surface area contributed by atoms with Crippen LogP contribution in [-0.4, -0.2) is 45.2 Å². The van der Waals surface area contributed by atoms with Crippen molar-refractivity contribution in [3.63, 3.8) is 0 Å². The van der Waals surface area contributed by atoms with Crippen molar-refractivity contribution >= 4 is 9.84 Å². The third kappa shape index (κ3) is 3.55. The standard InChI is InChI=1S/C9H19NO3S/c1-8(2)14(11,12)6-4-10-9-3-5-13-7-9/h8-10H,3-7H2,1-2H3. The Morgan fingerprint density at radius 3 is 2.71 bits per heavy atom. The maximum absolute atomic E-state index is 11.4. The molecule has 0 radical (unpaired) electrons. The number of hydrogen-bond donors (Lipinski definition) is 1. The Hall–Kier alpha value is -0.130. The summed E-state index contributed by atoms with van der Waals surface area (Å²) in [5.41, 5.74) is 0. The first-order valence-electron chi connectivity index (χ1n) is 5.05. The lowest BCUT2D eigenvalue weighted by molar-refractivity contribution is 0.190. The summed E-state index contributed by atoms with van der Waals surface area (Å²) in [5, 5.41) is 2.91. The van der Waals surface area contributed by atoms with Crippen molar-refractivity contribution in [1.82, 2.24) is 5.32 Å². The summed E-state index contributed by atoms with van der Waals surface area (Å²) in [6, 6.07) is 0.345. The Bertz CT molecular complexity index is 255. The number of hydrogen-bond acceptors (Lipinski definition) is 4. The SMILES string of the molecule is CC(C)S(=O)(=O)CCNC1CCOC1. The molecule has 0 amide bonds. The highest BCUT2D eigenvalue weighted by molar-refractivity contribution is 7.92. The van der Waals surface area contributed by atoms with E-state index in [9.17, 15) is 8.42 Å². The number of rotatable bonds is 5. The van der Waals surface area contributed by atoms with Crippen LogP contribution in [0.4, 0.5) is 0 Å². The van der Waals surface area contributed by atoms with Gasteiger partial charge < -0.3 is 10.1 Å². The molecule has 1 saturated heterocycles. The van der Waals surface area contributed by atoms with Gasteiger partial charge in [-0.1, -0.05) is 0 Å². The van der Waals surface area contributed by atoms with Crippen LogP contribution in [0.3, 0.4) is 0 Å². The molecule has 0 aromatic rings. The lowest BCUT2D eigenvalue weighted by Gasteiger charge is -2.11. The average molecular weight is 221 g/mol. The molecule has 1 N–H and O–H groups in total. The van der Waals surface area contributed by atoms with Gasteiger partial charge in [-0.25, -0.2) is 8.42 Å². The van der Waals surface area contributed by atoms with E-state index in [1.165, 1.54) is 0 Å². The summed E-state index contributed by atoms with van der Waals surface area (Å²) >= 11 is 0. The second-order valence-electron chi connectivity index (χ2n) is 3.93. The van der Waals surface area contributed by atoms with Gasteiger partial charge in [0.05, 0.1) is 17.6 Å². The Kier molecular flexibility index (Phi) is 4.34. The molecule has 0 bridgehead atoms. The summed E-state index contributed by atoms with van der Waals surface area (Å²) in [6.45, 7) is 5.47. The molecule has 4 nitrogen and oxygen atoms in total. The predicted octanol–water partition coefficient (Wildman–Crippen LogP) is 0.188. The minimum absolute atomic E-state index is 0.223. The lowest BCUT2D eigenvalue weighted by atomic mass is 10.3. The van der Waals surface area contributed by atoms with Crippen LogP contribution in [0.15, 0.2) is 0 Å². The average Bonchev–Trinajstić information content (AvgIpc) is 2.56. The van der Waals surface area contributed by atoms with Gasteiger partial charge in [0.1, 0.15) is 0 Å². The van der Waals surface area contributed by atoms with Gasteiger partial charge in [-0.15, -0.1) is 0 Å². The molecule has 0 aliphatic carbocycles. The first kappa shape index (κ1) is 11.9. The van der Waals surface area contributed by atoms with Crippen LogP contribution in [0.25, 0.3) is 0 Å². The second-order valence-corrected chi connectivity index (χ2v) is 6.61. The van der Waals surface area contributed by atoms with Crippen molar-refractivity contribution in [3.8, 4) is 0 Å². The first-order valence-corrected chi connectivity index (χ1v) is 6.76. The van der Waals surface area contributed by atoms with Crippen molar-refractivity contribution in [2.75, 3.05) is 25.5 Å². The van der Waals surface area contributed by atoms with E-state index in [1.54, 1.807) is 13.8 Å². The van der Waals surface area contributed by atoms with Crippen LogP contribution in [0.1, 0.15) is 20.3 Å². The molecule has 1 heterocycles. The van der Waals surface area contributed by atoms with Crippen LogP contribution in [0.2, 0.25) is 0 Å². The quantitative estimate of drug-likeness (QED) is 0.720. The molecule has 0 aromatic carbocycles. The predicted molar refractivity (Wildman–Crippen MR) is 56.1 cm³/mol. The molecule has 5 heteroatoms. The molecule has 84 valence electrons. The van der Waals surface area contributed by atoms with Crippen molar-refractivity contribution < 1.29 is 13.2 Å². The van der Waals surface area contributed by atoms with Gasteiger partial charge in [0.25, 0.3) is 0 Å². The van der Waals surface area contributed by atoms with Gasteiger partial charge in [0, 0.05) is 19.2 Å². The second kappa shape index (κ2) is 5.09. The number of ether oxygens (including phenoxy) is 1.